The average molecular weight is 441 g/mol. The number of ether oxygens (including phenoxy) is 2. The van der Waals surface area contributed by atoms with Crippen LogP contribution in [0.3, 0.4) is 0 Å². The Hall–Kier alpha value is -3.38. The maximum Gasteiger partial charge on any atom is 0.272 e. The van der Waals surface area contributed by atoms with E-state index in [0.717, 1.165) is 11.1 Å². The van der Waals surface area contributed by atoms with Gasteiger partial charge < -0.3 is 9.47 Å². The molecule has 31 heavy (non-hydrogen) atoms. The molecule has 3 rings (SSSR count). The molecular formula is C24H22ClFN2O3. The first-order chi connectivity index (χ1) is 15.0. The van der Waals surface area contributed by atoms with Gasteiger partial charge in [-0.3, -0.25) is 4.79 Å². The van der Waals surface area contributed by atoms with Gasteiger partial charge in [0.15, 0.2) is 11.5 Å². The van der Waals surface area contributed by atoms with Crippen LogP contribution in [0.2, 0.25) is 5.02 Å². The van der Waals surface area contributed by atoms with E-state index in [4.69, 9.17) is 21.1 Å². The van der Waals surface area contributed by atoms with Crippen molar-refractivity contribution in [3.63, 3.8) is 0 Å². The highest BCUT2D eigenvalue weighted by Crippen LogP contribution is 2.29. The molecule has 7 heteroatoms. The van der Waals surface area contributed by atoms with Gasteiger partial charge in [0.2, 0.25) is 0 Å². The molecule has 0 fully saturated rings. The molecule has 160 valence electrons. The van der Waals surface area contributed by atoms with Crippen LogP contribution in [0.4, 0.5) is 4.39 Å². The summed E-state index contributed by atoms with van der Waals surface area (Å²) in [7, 11) is 0. The van der Waals surface area contributed by atoms with Gasteiger partial charge in [-0.05, 0) is 73.0 Å². The van der Waals surface area contributed by atoms with Crippen LogP contribution in [0.25, 0.3) is 0 Å². The van der Waals surface area contributed by atoms with Crippen molar-refractivity contribution in [1.82, 2.24) is 5.43 Å². The van der Waals surface area contributed by atoms with E-state index in [1.807, 2.05) is 19.9 Å². The molecule has 0 spiro atoms. The van der Waals surface area contributed by atoms with Crippen molar-refractivity contribution in [2.75, 3.05) is 6.61 Å². The number of hydrazone groups is 1. The fourth-order valence-corrected chi connectivity index (χ4v) is 3.09. The van der Waals surface area contributed by atoms with Gasteiger partial charge in [0.1, 0.15) is 12.4 Å². The zero-order valence-electron chi connectivity index (χ0n) is 17.2. The molecule has 0 radical (unpaired) electrons. The summed E-state index contributed by atoms with van der Waals surface area (Å²) in [6.45, 7) is 4.50. The van der Waals surface area contributed by atoms with E-state index in [1.54, 1.807) is 42.5 Å². The van der Waals surface area contributed by atoms with Gasteiger partial charge in [0, 0.05) is 0 Å². The van der Waals surface area contributed by atoms with Crippen LogP contribution in [0.1, 0.15) is 34.0 Å². The lowest BCUT2D eigenvalue weighted by Gasteiger charge is -2.12. The Morgan fingerprint density at radius 2 is 1.84 bits per heavy atom. The molecule has 5 nitrogen and oxygen atoms in total. The van der Waals surface area contributed by atoms with Crippen molar-refractivity contribution in [3.8, 4) is 11.5 Å². The molecule has 1 amide bonds. The number of hydrogen-bond donors (Lipinski definition) is 1. The topological polar surface area (TPSA) is 59.9 Å². The molecule has 0 atom stereocenters. The fourth-order valence-electron chi connectivity index (χ4n) is 2.76. The van der Waals surface area contributed by atoms with Crippen molar-refractivity contribution in [2.24, 2.45) is 5.10 Å². The van der Waals surface area contributed by atoms with Crippen molar-refractivity contribution >= 4 is 23.7 Å². The van der Waals surface area contributed by atoms with Crippen LogP contribution in [0.15, 0.2) is 65.8 Å². The smallest absolute Gasteiger partial charge is 0.272 e. The number of hydrogen-bond acceptors (Lipinski definition) is 4. The summed E-state index contributed by atoms with van der Waals surface area (Å²) in [5.74, 6) is 0.407. The summed E-state index contributed by atoms with van der Waals surface area (Å²) >= 11 is 6.11. The summed E-state index contributed by atoms with van der Waals surface area (Å²) in [6.07, 6.45) is 1.51. The minimum absolute atomic E-state index is 0.279. The number of carbonyl (C=O) groups is 1. The molecule has 1 N–H and O–H groups in total. The lowest BCUT2D eigenvalue weighted by Crippen LogP contribution is -2.18. The second-order valence-electron chi connectivity index (χ2n) is 6.74. The summed E-state index contributed by atoms with van der Waals surface area (Å²) in [5, 5.41) is 4.37. The molecule has 0 aliphatic heterocycles. The van der Waals surface area contributed by atoms with Crippen LogP contribution in [0, 0.1) is 12.7 Å². The predicted molar refractivity (Wildman–Crippen MR) is 120 cm³/mol. The number of aryl methyl sites for hydroxylation is 1. The molecule has 0 unspecified atom stereocenters. The van der Waals surface area contributed by atoms with Crippen LogP contribution >= 0.6 is 11.6 Å². The number of halogens is 2. The molecule has 0 saturated heterocycles. The van der Waals surface area contributed by atoms with Gasteiger partial charge in [-0.1, -0.05) is 29.8 Å². The standard InChI is InChI=1S/C24H22ClFN2O3/c1-3-30-23-13-18(7-11-22(23)31-15-17-5-8-19(26)9-6-17)14-27-28-24(29)20-10-4-16(2)12-21(20)25/h4-14H,3,15H2,1-2H3,(H,28,29)/b27-14-. The number of carbonyl (C=O) groups excluding carboxylic acids is 1. The van der Waals surface area contributed by atoms with Crippen LogP contribution in [0.5, 0.6) is 11.5 Å². The van der Waals surface area contributed by atoms with Gasteiger partial charge >= 0.3 is 0 Å². The number of rotatable bonds is 8. The highest BCUT2D eigenvalue weighted by Gasteiger charge is 2.10. The number of benzene rings is 3. The van der Waals surface area contributed by atoms with E-state index in [1.165, 1.54) is 18.3 Å². The molecule has 0 saturated carbocycles. The number of nitrogens with one attached hydrogen (secondary N) is 1. The Morgan fingerprint density at radius 1 is 1.06 bits per heavy atom. The molecule has 0 aliphatic carbocycles. The Balaban J connectivity index is 1.66. The normalized spacial score (nSPS) is 10.8. The minimum Gasteiger partial charge on any atom is -0.490 e. The van der Waals surface area contributed by atoms with Crippen molar-refractivity contribution in [2.45, 2.75) is 20.5 Å². The lowest BCUT2D eigenvalue weighted by molar-refractivity contribution is 0.0955. The van der Waals surface area contributed by atoms with E-state index in [2.05, 4.69) is 10.5 Å². The van der Waals surface area contributed by atoms with E-state index >= 15 is 0 Å². The van der Waals surface area contributed by atoms with Gasteiger partial charge in [-0.25, -0.2) is 9.82 Å². The third-order valence-corrected chi connectivity index (χ3v) is 4.64. The largest absolute Gasteiger partial charge is 0.490 e. The predicted octanol–water partition coefficient (Wildman–Crippen LogP) is 5.53. The van der Waals surface area contributed by atoms with Crippen molar-refractivity contribution < 1.29 is 18.7 Å². The third kappa shape index (κ3) is 6.30. The molecule has 3 aromatic rings. The third-order valence-electron chi connectivity index (χ3n) is 4.32. The number of nitrogens with zero attached hydrogens (tertiary/aromatic N) is 1. The van der Waals surface area contributed by atoms with Crippen LogP contribution in [-0.2, 0) is 6.61 Å². The van der Waals surface area contributed by atoms with E-state index < -0.39 is 5.91 Å². The maximum absolute atomic E-state index is 13.0. The van der Waals surface area contributed by atoms with E-state index in [-0.39, 0.29) is 12.4 Å². The van der Waals surface area contributed by atoms with Crippen LogP contribution < -0.4 is 14.9 Å². The fraction of sp³-hybridized carbons (Fsp3) is 0.167. The Labute approximate surface area is 185 Å². The van der Waals surface area contributed by atoms with Crippen molar-refractivity contribution in [3.05, 3.63) is 93.8 Å². The Morgan fingerprint density at radius 3 is 2.55 bits per heavy atom. The van der Waals surface area contributed by atoms with Gasteiger partial charge in [-0.2, -0.15) is 5.10 Å². The summed E-state index contributed by atoms with van der Waals surface area (Å²) < 4.78 is 24.5. The molecule has 0 heterocycles. The summed E-state index contributed by atoms with van der Waals surface area (Å²) in [6, 6.07) is 16.6. The summed E-state index contributed by atoms with van der Waals surface area (Å²) in [5.41, 5.74) is 5.34. The Kier molecular flexibility index (Phi) is 7.62. The SMILES string of the molecule is CCOc1cc(/C=N\NC(=O)c2ccc(C)cc2Cl)ccc1OCc1ccc(F)cc1. The monoisotopic (exact) mass is 440 g/mol. The number of amides is 1. The minimum atomic E-state index is -0.398. The van der Waals surface area contributed by atoms with Gasteiger partial charge in [0.05, 0.1) is 23.4 Å². The highest BCUT2D eigenvalue weighted by atomic mass is 35.5. The zero-order valence-corrected chi connectivity index (χ0v) is 17.9. The second kappa shape index (κ2) is 10.6. The first-order valence-corrected chi connectivity index (χ1v) is 10.1. The molecule has 0 bridgehead atoms. The first-order valence-electron chi connectivity index (χ1n) is 9.70. The van der Waals surface area contributed by atoms with E-state index in [9.17, 15) is 9.18 Å². The van der Waals surface area contributed by atoms with Gasteiger partial charge in [-0.15, -0.1) is 0 Å². The van der Waals surface area contributed by atoms with E-state index in [0.29, 0.717) is 34.3 Å². The average Bonchev–Trinajstić information content (AvgIpc) is 2.74. The maximum atomic E-state index is 13.0. The zero-order chi connectivity index (χ0) is 22.2. The molecule has 3 aromatic carbocycles. The molecule has 0 aromatic heterocycles. The van der Waals surface area contributed by atoms with Crippen LogP contribution in [-0.4, -0.2) is 18.7 Å². The lowest BCUT2D eigenvalue weighted by atomic mass is 10.1. The quantitative estimate of drug-likeness (QED) is 0.370. The Bertz CT molecular complexity index is 1080. The summed E-state index contributed by atoms with van der Waals surface area (Å²) in [4.78, 5) is 12.3. The molecule has 0 aliphatic rings. The molecular weight excluding hydrogens is 419 g/mol. The van der Waals surface area contributed by atoms with Crippen molar-refractivity contribution in [1.29, 1.82) is 0 Å². The highest BCUT2D eigenvalue weighted by molar-refractivity contribution is 6.33. The van der Waals surface area contributed by atoms with Gasteiger partial charge in [0.25, 0.3) is 5.91 Å². The second-order valence-corrected chi connectivity index (χ2v) is 7.14. The first kappa shape index (κ1) is 22.3.